The third-order valence-electron chi connectivity index (χ3n) is 1.99. The van der Waals surface area contributed by atoms with Gasteiger partial charge < -0.3 is 4.74 Å². The molecule has 0 aliphatic heterocycles. The van der Waals surface area contributed by atoms with Gasteiger partial charge in [0.2, 0.25) is 0 Å². The van der Waals surface area contributed by atoms with Crippen molar-refractivity contribution in [2.75, 3.05) is 7.11 Å². The summed E-state index contributed by atoms with van der Waals surface area (Å²) in [6, 6.07) is 0. The van der Waals surface area contributed by atoms with Crippen molar-refractivity contribution in [2.45, 2.75) is 30.7 Å². The summed E-state index contributed by atoms with van der Waals surface area (Å²) in [6.45, 7) is 3.92. The molecule has 0 aromatic carbocycles. The summed E-state index contributed by atoms with van der Waals surface area (Å²) in [4.78, 5) is 0. The molecule has 0 spiro atoms. The van der Waals surface area contributed by atoms with Crippen LogP contribution in [0.25, 0.3) is 0 Å². The van der Waals surface area contributed by atoms with Gasteiger partial charge in [0.25, 0.3) is 0 Å². The van der Waals surface area contributed by atoms with Gasteiger partial charge in [0.1, 0.15) is 0 Å². The summed E-state index contributed by atoms with van der Waals surface area (Å²) in [6.07, 6.45) is 3.21. The zero-order chi connectivity index (χ0) is 7.56. The monoisotopic (exact) mass is 160 g/mol. The largest absolute Gasteiger partial charge is 0.377 e. The average molecular weight is 161 g/mol. The summed E-state index contributed by atoms with van der Waals surface area (Å²) in [5, 5.41) is 0.287. The first-order chi connectivity index (χ1) is 4.74. The van der Waals surface area contributed by atoms with Crippen LogP contribution >= 0.6 is 11.6 Å². The first-order valence-electron chi connectivity index (χ1n) is 3.58. The Labute approximate surface area is 67.0 Å². The van der Waals surface area contributed by atoms with E-state index < -0.39 is 0 Å². The highest BCUT2D eigenvalue weighted by Gasteiger charge is 2.22. The van der Waals surface area contributed by atoms with E-state index in [2.05, 4.69) is 6.58 Å². The topological polar surface area (TPSA) is 9.23 Å². The molecular weight excluding hydrogens is 148 g/mol. The standard InChI is InChI=1S/C8H13ClO/c1-6-3-4-7(9)5-8(6)10-2/h7-8H,1,3-5H2,2H3. The van der Waals surface area contributed by atoms with Gasteiger partial charge in [-0.25, -0.2) is 0 Å². The highest BCUT2D eigenvalue weighted by Crippen LogP contribution is 2.27. The number of halogens is 1. The van der Waals surface area contributed by atoms with Crippen LogP contribution in [0.2, 0.25) is 0 Å². The van der Waals surface area contributed by atoms with Crippen molar-refractivity contribution < 1.29 is 4.74 Å². The van der Waals surface area contributed by atoms with Crippen LogP contribution in [0.4, 0.5) is 0 Å². The molecule has 0 amide bonds. The number of methoxy groups -OCH3 is 1. The second-order valence-corrected chi connectivity index (χ2v) is 3.37. The van der Waals surface area contributed by atoms with Crippen LogP contribution in [0.1, 0.15) is 19.3 Å². The maximum Gasteiger partial charge on any atom is 0.0792 e. The SMILES string of the molecule is C=C1CCC(Cl)CC1OC. The van der Waals surface area contributed by atoms with Crippen LogP contribution in [0.5, 0.6) is 0 Å². The molecule has 1 rings (SSSR count). The fourth-order valence-electron chi connectivity index (χ4n) is 1.28. The molecule has 58 valence electrons. The summed E-state index contributed by atoms with van der Waals surface area (Å²) < 4.78 is 5.19. The first-order valence-corrected chi connectivity index (χ1v) is 4.02. The second-order valence-electron chi connectivity index (χ2n) is 2.75. The second kappa shape index (κ2) is 3.40. The van der Waals surface area contributed by atoms with Crippen molar-refractivity contribution in [3.05, 3.63) is 12.2 Å². The lowest BCUT2D eigenvalue weighted by atomic mass is 9.93. The van der Waals surface area contributed by atoms with Gasteiger partial charge in [-0.15, -0.1) is 11.6 Å². The normalized spacial score (nSPS) is 34.4. The number of hydrogen-bond acceptors (Lipinski definition) is 1. The van der Waals surface area contributed by atoms with Gasteiger partial charge in [-0.3, -0.25) is 0 Å². The minimum atomic E-state index is 0.205. The molecule has 1 fully saturated rings. The Morgan fingerprint density at radius 2 is 2.40 bits per heavy atom. The van der Waals surface area contributed by atoms with E-state index in [0.29, 0.717) is 0 Å². The molecule has 0 aromatic rings. The van der Waals surface area contributed by atoms with E-state index in [1.165, 1.54) is 5.57 Å². The van der Waals surface area contributed by atoms with Crippen molar-refractivity contribution in [3.63, 3.8) is 0 Å². The predicted octanol–water partition coefficient (Wildman–Crippen LogP) is 2.35. The van der Waals surface area contributed by atoms with E-state index in [0.717, 1.165) is 19.3 Å². The van der Waals surface area contributed by atoms with Gasteiger partial charge in [-0.2, -0.15) is 0 Å². The molecule has 2 heteroatoms. The van der Waals surface area contributed by atoms with E-state index in [1.54, 1.807) is 7.11 Å². The Bertz CT molecular complexity index is 133. The molecule has 0 radical (unpaired) electrons. The Morgan fingerprint density at radius 1 is 1.70 bits per heavy atom. The molecule has 1 nitrogen and oxygen atoms in total. The minimum Gasteiger partial charge on any atom is -0.377 e. The Kier molecular flexibility index (Phi) is 2.75. The maximum atomic E-state index is 5.93. The lowest BCUT2D eigenvalue weighted by Crippen LogP contribution is -2.23. The summed E-state index contributed by atoms with van der Waals surface area (Å²) in [5.41, 5.74) is 1.19. The number of alkyl halides is 1. The summed E-state index contributed by atoms with van der Waals surface area (Å²) in [5.74, 6) is 0. The van der Waals surface area contributed by atoms with Gasteiger partial charge >= 0.3 is 0 Å². The molecule has 2 atom stereocenters. The van der Waals surface area contributed by atoms with Gasteiger partial charge in [-0.05, 0) is 24.8 Å². The van der Waals surface area contributed by atoms with Crippen molar-refractivity contribution >= 4 is 11.6 Å². The lowest BCUT2D eigenvalue weighted by Gasteiger charge is -2.26. The van der Waals surface area contributed by atoms with E-state index in [-0.39, 0.29) is 11.5 Å². The molecule has 1 aliphatic rings. The highest BCUT2D eigenvalue weighted by atomic mass is 35.5. The molecular formula is C8H13ClO. The van der Waals surface area contributed by atoms with Gasteiger partial charge in [0, 0.05) is 12.5 Å². The van der Waals surface area contributed by atoms with Crippen molar-refractivity contribution in [2.24, 2.45) is 0 Å². The quantitative estimate of drug-likeness (QED) is 0.423. The number of ether oxygens (including phenoxy) is 1. The highest BCUT2D eigenvalue weighted by molar-refractivity contribution is 6.20. The molecule has 0 heterocycles. The lowest BCUT2D eigenvalue weighted by molar-refractivity contribution is 0.111. The Hall–Kier alpha value is -0.0100. The van der Waals surface area contributed by atoms with E-state index >= 15 is 0 Å². The van der Waals surface area contributed by atoms with Crippen LogP contribution in [-0.4, -0.2) is 18.6 Å². The molecule has 0 N–H and O–H groups in total. The van der Waals surface area contributed by atoms with Crippen molar-refractivity contribution in [1.82, 2.24) is 0 Å². The molecule has 10 heavy (non-hydrogen) atoms. The van der Waals surface area contributed by atoms with Crippen LogP contribution in [-0.2, 0) is 4.74 Å². The predicted molar refractivity (Wildman–Crippen MR) is 43.4 cm³/mol. The van der Waals surface area contributed by atoms with E-state index in [1.807, 2.05) is 0 Å². The van der Waals surface area contributed by atoms with Gasteiger partial charge in [0.15, 0.2) is 0 Å². The van der Waals surface area contributed by atoms with Crippen LogP contribution in [0.15, 0.2) is 12.2 Å². The molecule has 0 bridgehead atoms. The molecule has 2 unspecified atom stereocenters. The molecule has 1 saturated carbocycles. The average Bonchev–Trinajstić information content (AvgIpc) is 1.94. The first kappa shape index (κ1) is 8.09. The third-order valence-corrected chi connectivity index (χ3v) is 2.38. The van der Waals surface area contributed by atoms with Crippen molar-refractivity contribution in [1.29, 1.82) is 0 Å². The summed E-state index contributed by atoms with van der Waals surface area (Å²) >= 11 is 5.93. The molecule has 0 aromatic heterocycles. The number of rotatable bonds is 1. The fraction of sp³-hybridized carbons (Fsp3) is 0.750. The molecule has 1 aliphatic carbocycles. The van der Waals surface area contributed by atoms with Crippen molar-refractivity contribution in [3.8, 4) is 0 Å². The Balaban J connectivity index is 2.45. The van der Waals surface area contributed by atoms with Gasteiger partial charge in [0.05, 0.1) is 6.10 Å². The van der Waals surface area contributed by atoms with Crippen LogP contribution in [0, 0.1) is 0 Å². The Morgan fingerprint density at radius 3 is 2.90 bits per heavy atom. The summed E-state index contributed by atoms with van der Waals surface area (Å²) in [7, 11) is 1.71. The van der Waals surface area contributed by atoms with E-state index in [9.17, 15) is 0 Å². The minimum absolute atomic E-state index is 0.205. The number of hydrogen-bond donors (Lipinski definition) is 0. The van der Waals surface area contributed by atoms with Crippen LogP contribution < -0.4 is 0 Å². The zero-order valence-electron chi connectivity index (χ0n) is 6.27. The van der Waals surface area contributed by atoms with Gasteiger partial charge in [-0.1, -0.05) is 6.58 Å². The molecule has 0 saturated heterocycles. The smallest absolute Gasteiger partial charge is 0.0792 e. The maximum absolute atomic E-state index is 5.93. The van der Waals surface area contributed by atoms with Crippen LogP contribution in [0.3, 0.4) is 0 Å². The zero-order valence-corrected chi connectivity index (χ0v) is 7.03. The van der Waals surface area contributed by atoms with E-state index in [4.69, 9.17) is 16.3 Å². The third kappa shape index (κ3) is 1.74. The fourth-order valence-corrected chi connectivity index (χ4v) is 1.55.